The van der Waals surface area contributed by atoms with E-state index in [1.165, 1.54) is 12.0 Å². The fourth-order valence-electron chi connectivity index (χ4n) is 1.53. The Morgan fingerprint density at radius 1 is 1.36 bits per heavy atom. The molecule has 2 nitrogen and oxygen atoms in total. The first-order valence-corrected chi connectivity index (χ1v) is 4.07. The molecule has 1 aliphatic carbocycles. The van der Waals surface area contributed by atoms with Gasteiger partial charge in [-0.3, -0.25) is 0 Å². The van der Waals surface area contributed by atoms with Gasteiger partial charge in [0.25, 0.3) is 0 Å². The summed E-state index contributed by atoms with van der Waals surface area (Å²) in [7, 11) is 0. The first-order valence-electron chi connectivity index (χ1n) is 4.07. The highest BCUT2D eigenvalue weighted by molar-refractivity contribution is 5.69. The van der Waals surface area contributed by atoms with Gasteiger partial charge in [-0.2, -0.15) is 0 Å². The number of hydrogen-bond acceptors (Lipinski definition) is 1. The van der Waals surface area contributed by atoms with Gasteiger partial charge < -0.3 is 0 Å². The van der Waals surface area contributed by atoms with E-state index in [4.69, 9.17) is 0 Å². The molecule has 1 aliphatic rings. The van der Waals surface area contributed by atoms with Crippen molar-refractivity contribution in [1.29, 1.82) is 0 Å². The monoisotopic (exact) mass is 153 g/mol. The second kappa shape index (κ2) is 3.56. The van der Waals surface area contributed by atoms with Gasteiger partial charge in [0.1, 0.15) is 0 Å². The van der Waals surface area contributed by atoms with Crippen LogP contribution in [0.15, 0.2) is 11.1 Å². The van der Waals surface area contributed by atoms with E-state index in [1.54, 1.807) is 0 Å². The topological polar surface area (TPSA) is 37.0 Å². The van der Waals surface area contributed by atoms with Crippen molar-refractivity contribution in [2.75, 3.05) is 0 Å². The highest BCUT2D eigenvalue weighted by atomic mass is 16.4. The van der Waals surface area contributed by atoms with Crippen molar-refractivity contribution in [2.24, 2.45) is 0 Å². The highest BCUT2D eigenvalue weighted by Crippen LogP contribution is 2.26. The number of carbonyl (C=O) groups is 1. The van der Waals surface area contributed by atoms with Gasteiger partial charge in [0, 0.05) is 0 Å². The Bertz CT molecular complexity index is 192. The zero-order chi connectivity index (χ0) is 8.27. The molecular formula is C9H13O2. The number of allylic oxidation sites excluding steroid dienone is 1. The van der Waals surface area contributed by atoms with E-state index in [2.05, 4.69) is 0 Å². The van der Waals surface area contributed by atoms with Crippen LogP contribution in [0.5, 0.6) is 0 Å². The zero-order valence-electron chi connectivity index (χ0n) is 6.85. The average molecular weight is 153 g/mol. The summed E-state index contributed by atoms with van der Waals surface area (Å²) in [6.45, 7) is 2.03. The molecule has 2 heteroatoms. The maximum absolute atomic E-state index is 10.3. The van der Waals surface area contributed by atoms with Gasteiger partial charge in [0.2, 0.25) is 0 Å². The highest BCUT2D eigenvalue weighted by Gasteiger charge is 2.12. The predicted octanol–water partition coefficient (Wildman–Crippen LogP) is 2.22. The fraction of sp³-hybridized carbons (Fsp3) is 0.667. The van der Waals surface area contributed by atoms with E-state index < -0.39 is 5.97 Å². The van der Waals surface area contributed by atoms with Gasteiger partial charge in [0.15, 0.2) is 0 Å². The van der Waals surface area contributed by atoms with E-state index in [9.17, 15) is 9.90 Å². The van der Waals surface area contributed by atoms with Gasteiger partial charge in [-0.25, -0.2) is 9.90 Å². The smallest absolute Gasteiger partial charge is 0.247 e. The molecule has 0 amide bonds. The molecule has 0 unspecified atom stereocenters. The molecule has 0 atom stereocenters. The van der Waals surface area contributed by atoms with Crippen LogP contribution < -0.4 is 0 Å². The van der Waals surface area contributed by atoms with Crippen LogP contribution in [-0.2, 0) is 9.90 Å². The third-order valence-electron chi connectivity index (χ3n) is 2.24. The van der Waals surface area contributed by atoms with Crippen LogP contribution in [0.3, 0.4) is 0 Å². The Labute approximate surface area is 66.9 Å². The van der Waals surface area contributed by atoms with E-state index >= 15 is 0 Å². The Hall–Kier alpha value is -0.790. The fourth-order valence-corrected chi connectivity index (χ4v) is 1.53. The molecule has 0 N–H and O–H groups in total. The van der Waals surface area contributed by atoms with Crippen LogP contribution >= 0.6 is 0 Å². The largest absolute Gasteiger partial charge is 0.359 e. The lowest BCUT2D eigenvalue weighted by Crippen LogP contribution is -2.02. The summed E-state index contributed by atoms with van der Waals surface area (Å²) >= 11 is 0. The first-order chi connectivity index (χ1) is 5.20. The lowest BCUT2D eigenvalue weighted by atomic mass is 9.91. The molecule has 0 saturated carbocycles. The number of carbonyl (C=O) groups excluding carboxylic acids is 1. The number of hydrogen-bond donors (Lipinski definition) is 0. The van der Waals surface area contributed by atoms with Crippen molar-refractivity contribution in [2.45, 2.75) is 39.0 Å². The summed E-state index contributed by atoms with van der Waals surface area (Å²) in [5, 5.41) is 10.3. The van der Waals surface area contributed by atoms with Gasteiger partial charge in [0.05, 0.1) is 6.42 Å². The molecule has 0 fully saturated rings. The lowest BCUT2D eigenvalue weighted by Gasteiger charge is -2.15. The Morgan fingerprint density at radius 3 is 2.55 bits per heavy atom. The van der Waals surface area contributed by atoms with Crippen molar-refractivity contribution in [3.63, 3.8) is 0 Å². The molecule has 0 aromatic heterocycles. The quantitative estimate of drug-likeness (QED) is 0.560. The second-order valence-corrected chi connectivity index (χ2v) is 3.14. The van der Waals surface area contributed by atoms with Crippen molar-refractivity contribution in [3.05, 3.63) is 11.1 Å². The second-order valence-electron chi connectivity index (χ2n) is 3.14. The van der Waals surface area contributed by atoms with E-state index in [-0.39, 0.29) is 6.42 Å². The van der Waals surface area contributed by atoms with Crippen molar-refractivity contribution < 1.29 is 9.90 Å². The Kier molecular flexibility index (Phi) is 2.69. The normalized spacial score (nSPS) is 18.6. The third kappa shape index (κ3) is 2.37. The predicted molar refractivity (Wildman–Crippen MR) is 41.5 cm³/mol. The van der Waals surface area contributed by atoms with Crippen molar-refractivity contribution in [1.82, 2.24) is 0 Å². The molecule has 0 aromatic carbocycles. The van der Waals surface area contributed by atoms with Gasteiger partial charge in [-0.1, -0.05) is 11.1 Å². The standard InChI is InChI=1S/C9H13O2/c1-7-4-2-3-5-8(7)6-9(10)11/h2-6H2,1H3. The van der Waals surface area contributed by atoms with Crippen molar-refractivity contribution >= 4 is 5.97 Å². The van der Waals surface area contributed by atoms with Gasteiger partial charge in [-0.15, -0.1) is 0 Å². The molecule has 0 spiro atoms. The Balaban J connectivity index is 2.59. The van der Waals surface area contributed by atoms with Gasteiger partial charge >= 0.3 is 5.97 Å². The SMILES string of the molecule is CC1=C(CC([O])=O)CCCC1. The molecule has 0 aliphatic heterocycles. The average Bonchev–Trinajstić information content (AvgIpc) is 1.93. The van der Waals surface area contributed by atoms with Crippen LogP contribution in [0, 0.1) is 0 Å². The summed E-state index contributed by atoms with van der Waals surface area (Å²) in [4.78, 5) is 10.3. The summed E-state index contributed by atoms with van der Waals surface area (Å²) in [6, 6.07) is 0. The lowest BCUT2D eigenvalue weighted by molar-refractivity contribution is -0.142. The maximum atomic E-state index is 10.3. The van der Waals surface area contributed by atoms with Crippen molar-refractivity contribution in [3.8, 4) is 0 Å². The molecule has 1 rings (SSSR count). The minimum atomic E-state index is -0.943. The zero-order valence-corrected chi connectivity index (χ0v) is 6.85. The molecular weight excluding hydrogens is 140 g/mol. The molecule has 61 valence electrons. The molecule has 0 bridgehead atoms. The minimum Gasteiger partial charge on any atom is -0.247 e. The summed E-state index contributed by atoms with van der Waals surface area (Å²) in [6.07, 6.45) is 4.52. The molecule has 0 aromatic rings. The molecule has 0 saturated heterocycles. The van der Waals surface area contributed by atoms with E-state index in [1.807, 2.05) is 6.92 Å². The third-order valence-corrected chi connectivity index (χ3v) is 2.24. The van der Waals surface area contributed by atoms with Crippen LogP contribution in [-0.4, -0.2) is 5.97 Å². The minimum absolute atomic E-state index is 0.145. The van der Waals surface area contributed by atoms with Crippen LogP contribution in [0.2, 0.25) is 0 Å². The summed E-state index contributed by atoms with van der Waals surface area (Å²) in [5.74, 6) is -0.943. The summed E-state index contributed by atoms with van der Waals surface area (Å²) in [5.41, 5.74) is 2.36. The van der Waals surface area contributed by atoms with Crippen LogP contribution in [0.25, 0.3) is 0 Å². The molecule has 0 heterocycles. The van der Waals surface area contributed by atoms with E-state index in [0.29, 0.717) is 0 Å². The van der Waals surface area contributed by atoms with Crippen LogP contribution in [0.4, 0.5) is 0 Å². The van der Waals surface area contributed by atoms with Crippen LogP contribution in [0.1, 0.15) is 39.0 Å². The summed E-state index contributed by atoms with van der Waals surface area (Å²) < 4.78 is 0. The molecule has 11 heavy (non-hydrogen) atoms. The van der Waals surface area contributed by atoms with E-state index in [0.717, 1.165) is 24.8 Å². The first kappa shape index (κ1) is 8.31. The Morgan fingerprint density at radius 2 is 2.00 bits per heavy atom. The van der Waals surface area contributed by atoms with Gasteiger partial charge in [-0.05, 0) is 32.6 Å². The molecule has 1 radical (unpaired) electrons. The maximum Gasteiger partial charge on any atom is 0.359 e. The number of rotatable bonds is 2.